The van der Waals surface area contributed by atoms with Gasteiger partial charge in [-0.3, -0.25) is 0 Å². The summed E-state index contributed by atoms with van der Waals surface area (Å²) in [7, 11) is 1.68. The first-order valence-electron chi connectivity index (χ1n) is 4.95. The molecule has 0 fully saturated rings. The zero-order chi connectivity index (χ0) is 9.97. The van der Waals surface area contributed by atoms with Crippen LogP contribution in [0.2, 0.25) is 0 Å². The van der Waals surface area contributed by atoms with E-state index in [0.717, 1.165) is 24.9 Å². The Bertz CT molecular complexity index is 344. The lowest BCUT2D eigenvalue weighted by molar-refractivity contribution is -0.108. The van der Waals surface area contributed by atoms with Gasteiger partial charge in [0, 0.05) is 6.42 Å². The molecule has 1 aliphatic rings. The van der Waals surface area contributed by atoms with Crippen molar-refractivity contribution in [3.63, 3.8) is 0 Å². The number of aldehydes is 1. The maximum absolute atomic E-state index is 10.2. The Morgan fingerprint density at radius 1 is 1.57 bits per heavy atom. The molecule has 1 aliphatic carbocycles. The SMILES string of the molecule is COc1ccc2c(c1)CC2CCC=O. The predicted molar refractivity (Wildman–Crippen MR) is 54.7 cm³/mol. The molecule has 0 radical (unpaired) electrons. The number of hydrogen-bond donors (Lipinski definition) is 0. The third kappa shape index (κ3) is 1.52. The van der Waals surface area contributed by atoms with Gasteiger partial charge in [0.25, 0.3) is 0 Å². The van der Waals surface area contributed by atoms with Gasteiger partial charge in [-0.1, -0.05) is 6.07 Å². The molecule has 1 unspecified atom stereocenters. The number of carbonyl (C=O) groups is 1. The van der Waals surface area contributed by atoms with Gasteiger partial charge in [-0.05, 0) is 42.0 Å². The van der Waals surface area contributed by atoms with Gasteiger partial charge in [-0.2, -0.15) is 0 Å². The van der Waals surface area contributed by atoms with Crippen molar-refractivity contribution in [1.29, 1.82) is 0 Å². The summed E-state index contributed by atoms with van der Waals surface area (Å²) < 4.78 is 5.14. The Kier molecular flexibility index (Phi) is 2.53. The second-order valence-electron chi connectivity index (χ2n) is 3.71. The van der Waals surface area contributed by atoms with E-state index in [1.807, 2.05) is 6.07 Å². The van der Waals surface area contributed by atoms with Crippen molar-refractivity contribution >= 4 is 6.29 Å². The van der Waals surface area contributed by atoms with E-state index in [2.05, 4.69) is 12.1 Å². The Hall–Kier alpha value is -1.31. The first-order valence-corrected chi connectivity index (χ1v) is 4.95. The lowest BCUT2D eigenvalue weighted by atomic mass is 9.75. The Morgan fingerprint density at radius 2 is 2.43 bits per heavy atom. The third-order valence-corrected chi connectivity index (χ3v) is 2.89. The minimum absolute atomic E-state index is 0.598. The summed E-state index contributed by atoms with van der Waals surface area (Å²) in [5.74, 6) is 1.53. The quantitative estimate of drug-likeness (QED) is 0.681. The van der Waals surface area contributed by atoms with E-state index in [1.165, 1.54) is 11.1 Å². The topological polar surface area (TPSA) is 26.3 Å². The second kappa shape index (κ2) is 3.82. The van der Waals surface area contributed by atoms with Gasteiger partial charge in [-0.25, -0.2) is 0 Å². The molecule has 0 heterocycles. The minimum Gasteiger partial charge on any atom is -0.497 e. The van der Waals surface area contributed by atoms with Crippen LogP contribution in [0.5, 0.6) is 5.75 Å². The monoisotopic (exact) mass is 190 g/mol. The molecule has 1 aromatic carbocycles. The molecule has 14 heavy (non-hydrogen) atoms. The number of ether oxygens (including phenoxy) is 1. The molecule has 2 heteroatoms. The molecule has 0 aliphatic heterocycles. The van der Waals surface area contributed by atoms with Gasteiger partial charge >= 0.3 is 0 Å². The highest BCUT2D eigenvalue weighted by atomic mass is 16.5. The van der Waals surface area contributed by atoms with Crippen LogP contribution in [0.4, 0.5) is 0 Å². The maximum atomic E-state index is 10.2. The highest BCUT2D eigenvalue weighted by Crippen LogP contribution is 2.39. The summed E-state index contributed by atoms with van der Waals surface area (Å²) in [6, 6.07) is 6.20. The minimum atomic E-state index is 0.598. The Labute approximate surface area is 83.9 Å². The average molecular weight is 190 g/mol. The molecular weight excluding hydrogens is 176 g/mol. The predicted octanol–water partition coefficient (Wildman–Crippen LogP) is 2.31. The fraction of sp³-hybridized carbons (Fsp3) is 0.417. The summed E-state index contributed by atoms with van der Waals surface area (Å²) in [6.07, 6.45) is 3.76. The molecule has 2 nitrogen and oxygen atoms in total. The third-order valence-electron chi connectivity index (χ3n) is 2.89. The highest BCUT2D eigenvalue weighted by Gasteiger charge is 2.25. The summed E-state index contributed by atoms with van der Waals surface area (Å²) >= 11 is 0. The first kappa shape index (κ1) is 9.25. The van der Waals surface area contributed by atoms with Gasteiger partial charge in [0.1, 0.15) is 12.0 Å². The Balaban J connectivity index is 2.07. The van der Waals surface area contributed by atoms with Crippen molar-refractivity contribution in [2.75, 3.05) is 7.11 Å². The molecule has 1 aromatic rings. The van der Waals surface area contributed by atoms with Crippen LogP contribution < -0.4 is 4.74 Å². The lowest BCUT2D eigenvalue weighted by Crippen LogP contribution is -2.17. The first-order chi connectivity index (χ1) is 6.85. The van der Waals surface area contributed by atoms with Crippen molar-refractivity contribution in [3.8, 4) is 5.75 Å². The van der Waals surface area contributed by atoms with Gasteiger partial charge in [0.05, 0.1) is 7.11 Å². The van der Waals surface area contributed by atoms with Gasteiger partial charge in [0.2, 0.25) is 0 Å². The van der Waals surface area contributed by atoms with Crippen molar-refractivity contribution < 1.29 is 9.53 Å². The second-order valence-corrected chi connectivity index (χ2v) is 3.71. The van der Waals surface area contributed by atoms with E-state index >= 15 is 0 Å². The van der Waals surface area contributed by atoms with Crippen LogP contribution in [0.3, 0.4) is 0 Å². The molecule has 0 N–H and O–H groups in total. The van der Waals surface area contributed by atoms with Crippen molar-refractivity contribution in [3.05, 3.63) is 29.3 Å². The lowest BCUT2D eigenvalue weighted by Gasteiger charge is -2.30. The normalized spacial score (nSPS) is 18.2. The van der Waals surface area contributed by atoms with Crippen LogP contribution in [0, 0.1) is 0 Å². The largest absolute Gasteiger partial charge is 0.497 e. The zero-order valence-corrected chi connectivity index (χ0v) is 8.32. The number of carbonyl (C=O) groups excluding carboxylic acids is 1. The maximum Gasteiger partial charge on any atom is 0.120 e. The standard InChI is InChI=1S/C12H14O2/c1-14-11-4-5-12-9(3-2-6-13)7-10(12)8-11/h4-6,8-9H,2-3,7H2,1H3. The number of methoxy groups -OCH3 is 1. The molecular formula is C12H14O2. The highest BCUT2D eigenvalue weighted by molar-refractivity contribution is 5.51. The molecule has 2 rings (SSSR count). The van der Waals surface area contributed by atoms with Crippen molar-refractivity contribution in [2.45, 2.75) is 25.2 Å². The molecule has 0 saturated heterocycles. The van der Waals surface area contributed by atoms with E-state index in [9.17, 15) is 4.79 Å². The molecule has 0 bridgehead atoms. The zero-order valence-electron chi connectivity index (χ0n) is 8.32. The molecule has 0 aromatic heterocycles. The number of rotatable bonds is 4. The molecule has 0 saturated carbocycles. The number of hydrogen-bond acceptors (Lipinski definition) is 2. The van der Waals surface area contributed by atoms with Crippen LogP contribution in [0.1, 0.15) is 29.9 Å². The molecule has 0 spiro atoms. The Morgan fingerprint density at radius 3 is 3.07 bits per heavy atom. The van der Waals surface area contributed by atoms with Crippen LogP contribution in [-0.2, 0) is 11.2 Å². The summed E-state index contributed by atoms with van der Waals surface area (Å²) in [5, 5.41) is 0. The average Bonchev–Trinajstić information content (AvgIpc) is 2.19. The molecule has 0 amide bonds. The van der Waals surface area contributed by atoms with Crippen LogP contribution >= 0.6 is 0 Å². The molecule has 1 atom stereocenters. The van der Waals surface area contributed by atoms with Gasteiger partial charge in [0.15, 0.2) is 0 Å². The summed E-state index contributed by atoms with van der Waals surface area (Å²) in [4.78, 5) is 10.2. The van der Waals surface area contributed by atoms with Crippen LogP contribution in [0.15, 0.2) is 18.2 Å². The van der Waals surface area contributed by atoms with Gasteiger partial charge in [-0.15, -0.1) is 0 Å². The summed E-state index contributed by atoms with van der Waals surface area (Å²) in [6.45, 7) is 0. The fourth-order valence-electron chi connectivity index (χ4n) is 2.06. The van der Waals surface area contributed by atoms with Gasteiger partial charge < -0.3 is 9.53 Å². The van der Waals surface area contributed by atoms with E-state index in [0.29, 0.717) is 12.3 Å². The van der Waals surface area contributed by atoms with Crippen LogP contribution in [-0.4, -0.2) is 13.4 Å². The number of benzene rings is 1. The van der Waals surface area contributed by atoms with E-state index in [4.69, 9.17) is 4.74 Å². The molecule has 74 valence electrons. The van der Waals surface area contributed by atoms with Crippen molar-refractivity contribution in [1.82, 2.24) is 0 Å². The number of fused-ring (bicyclic) bond motifs is 1. The van der Waals surface area contributed by atoms with Crippen LogP contribution in [0.25, 0.3) is 0 Å². The summed E-state index contributed by atoms with van der Waals surface area (Å²) in [5.41, 5.74) is 2.77. The fourth-order valence-corrected chi connectivity index (χ4v) is 2.06. The van der Waals surface area contributed by atoms with E-state index < -0.39 is 0 Å². The van der Waals surface area contributed by atoms with E-state index in [1.54, 1.807) is 7.11 Å². The van der Waals surface area contributed by atoms with Crippen molar-refractivity contribution in [2.24, 2.45) is 0 Å². The van der Waals surface area contributed by atoms with E-state index in [-0.39, 0.29) is 0 Å². The smallest absolute Gasteiger partial charge is 0.120 e.